The molecule has 0 spiro atoms. The zero-order valence-electron chi connectivity index (χ0n) is 22.5. The van der Waals surface area contributed by atoms with Crippen LogP contribution in [0.3, 0.4) is 0 Å². The van der Waals surface area contributed by atoms with Gasteiger partial charge >= 0.3 is 0 Å². The van der Waals surface area contributed by atoms with Gasteiger partial charge in [0.1, 0.15) is 11.4 Å². The molecule has 2 heterocycles. The molecule has 9 heteroatoms. The summed E-state index contributed by atoms with van der Waals surface area (Å²) in [5.41, 5.74) is 2.88. The number of benzene rings is 2. The van der Waals surface area contributed by atoms with E-state index in [0.717, 1.165) is 55.3 Å². The molecule has 2 saturated carbocycles. The molecule has 3 aromatic rings. The standard InChI is InChI=1S/C20H18FN3O2.C11H16N2O/c21-18-5-7-19(8-6-18)24-14-17(13-22-24)15-1-3-16(4-2-15)20(25)23-9-11-26-12-10-23;12-8-11(6-7-11)13-10(14)9-4-2-1-3-5-9/h1-8,13-14H,9-12H2;9H,1-7H2,(H,13,14). The monoisotopic (exact) mass is 543 g/mol. The lowest BCUT2D eigenvalue weighted by atomic mass is 9.88. The molecule has 1 aliphatic heterocycles. The number of amides is 2. The van der Waals surface area contributed by atoms with Crippen molar-refractivity contribution in [3.8, 4) is 22.9 Å². The zero-order valence-corrected chi connectivity index (χ0v) is 22.5. The molecule has 0 atom stereocenters. The molecule has 8 nitrogen and oxygen atoms in total. The molecule has 0 unspecified atom stereocenters. The number of morpholine rings is 1. The Morgan fingerprint density at radius 3 is 2.27 bits per heavy atom. The van der Waals surface area contributed by atoms with Crippen LogP contribution in [0.2, 0.25) is 0 Å². The second-order valence-corrected chi connectivity index (χ2v) is 10.7. The second-order valence-electron chi connectivity index (χ2n) is 10.7. The van der Waals surface area contributed by atoms with Crippen LogP contribution < -0.4 is 5.32 Å². The maximum absolute atomic E-state index is 13.0. The van der Waals surface area contributed by atoms with Gasteiger partial charge in [-0.3, -0.25) is 9.59 Å². The Bertz CT molecular complexity index is 1350. The van der Waals surface area contributed by atoms with Gasteiger partial charge in [0.15, 0.2) is 0 Å². The summed E-state index contributed by atoms with van der Waals surface area (Å²) in [6, 6.07) is 15.9. The van der Waals surface area contributed by atoms with Crippen LogP contribution in [-0.4, -0.2) is 58.3 Å². The number of rotatable bonds is 5. The third-order valence-electron chi connectivity index (χ3n) is 7.74. The quantitative estimate of drug-likeness (QED) is 0.494. The first-order chi connectivity index (χ1) is 19.5. The maximum atomic E-state index is 13.0. The predicted octanol–water partition coefficient (Wildman–Crippen LogP) is 4.89. The molecule has 1 saturated heterocycles. The fraction of sp³-hybridized carbons (Fsp3) is 0.419. The van der Waals surface area contributed by atoms with Crippen LogP contribution in [0.5, 0.6) is 0 Å². The minimum atomic E-state index is -0.478. The van der Waals surface area contributed by atoms with Crippen LogP contribution in [0.25, 0.3) is 16.8 Å². The van der Waals surface area contributed by atoms with Gasteiger partial charge in [-0.1, -0.05) is 31.4 Å². The lowest BCUT2D eigenvalue weighted by Crippen LogP contribution is -2.40. The molecular weight excluding hydrogens is 509 g/mol. The molecule has 208 valence electrons. The van der Waals surface area contributed by atoms with Gasteiger partial charge in [0.05, 0.1) is 31.2 Å². The zero-order chi connectivity index (χ0) is 28.0. The second kappa shape index (κ2) is 12.4. The van der Waals surface area contributed by atoms with E-state index in [1.807, 2.05) is 35.4 Å². The molecule has 2 amide bonds. The van der Waals surface area contributed by atoms with E-state index in [2.05, 4.69) is 16.5 Å². The summed E-state index contributed by atoms with van der Waals surface area (Å²) in [6.07, 6.45) is 10.9. The van der Waals surface area contributed by atoms with E-state index in [4.69, 9.17) is 10.00 Å². The summed E-state index contributed by atoms with van der Waals surface area (Å²) >= 11 is 0. The van der Waals surface area contributed by atoms with Crippen molar-refractivity contribution in [2.24, 2.45) is 5.92 Å². The lowest BCUT2D eigenvalue weighted by molar-refractivity contribution is -0.126. The number of nitrogens with zero attached hydrogens (tertiary/aromatic N) is 4. The van der Waals surface area contributed by atoms with Gasteiger partial charge in [0, 0.05) is 36.3 Å². The van der Waals surface area contributed by atoms with E-state index in [0.29, 0.717) is 31.9 Å². The first kappa shape index (κ1) is 27.5. The van der Waals surface area contributed by atoms with Gasteiger partial charge in [-0.15, -0.1) is 0 Å². The lowest BCUT2D eigenvalue weighted by Gasteiger charge is -2.26. The van der Waals surface area contributed by atoms with Crippen LogP contribution in [0, 0.1) is 23.1 Å². The summed E-state index contributed by atoms with van der Waals surface area (Å²) in [6.45, 7) is 2.44. The Kier molecular flexibility index (Phi) is 8.56. The van der Waals surface area contributed by atoms with Gasteiger partial charge in [-0.2, -0.15) is 10.4 Å². The SMILES string of the molecule is N#CC1(NC(=O)C2CCCCC2)CC1.O=C(c1ccc(-c2cnn(-c3ccc(F)cc3)c2)cc1)N1CCOCC1. The van der Waals surface area contributed by atoms with Gasteiger partial charge in [-0.05, 0) is 67.6 Å². The van der Waals surface area contributed by atoms with Crippen LogP contribution >= 0.6 is 0 Å². The highest BCUT2D eigenvalue weighted by atomic mass is 19.1. The van der Waals surface area contributed by atoms with Crippen molar-refractivity contribution in [1.29, 1.82) is 5.26 Å². The number of nitriles is 1. The molecule has 2 aromatic carbocycles. The average molecular weight is 544 g/mol. The molecule has 1 aromatic heterocycles. The summed E-state index contributed by atoms with van der Waals surface area (Å²) < 4.78 is 20.0. The fourth-order valence-corrected chi connectivity index (χ4v) is 5.05. The largest absolute Gasteiger partial charge is 0.378 e. The summed E-state index contributed by atoms with van der Waals surface area (Å²) in [4.78, 5) is 26.0. The van der Waals surface area contributed by atoms with Crippen molar-refractivity contribution >= 4 is 11.8 Å². The molecule has 0 bridgehead atoms. The molecule has 3 aliphatic rings. The van der Waals surface area contributed by atoms with E-state index in [9.17, 15) is 14.0 Å². The van der Waals surface area contributed by atoms with Crippen molar-refractivity contribution in [2.75, 3.05) is 26.3 Å². The first-order valence-corrected chi connectivity index (χ1v) is 14.0. The summed E-state index contributed by atoms with van der Waals surface area (Å²) in [5, 5.41) is 16.1. The maximum Gasteiger partial charge on any atom is 0.254 e. The minimum absolute atomic E-state index is 0.0295. The number of hydrogen-bond donors (Lipinski definition) is 1. The van der Waals surface area contributed by atoms with E-state index in [-0.39, 0.29) is 23.5 Å². The Hall–Kier alpha value is -4.03. The van der Waals surface area contributed by atoms with Crippen LogP contribution in [-0.2, 0) is 9.53 Å². The number of halogens is 1. The fourth-order valence-electron chi connectivity index (χ4n) is 5.05. The molecule has 40 heavy (non-hydrogen) atoms. The van der Waals surface area contributed by atoms with Gasteiger partial charge in [0.25, 0.3) is 5.91 Å². The molecule has 3 fully saturated rings. The highest BCUT2D eigenvalue weighted by Crippen LogP contribution is 2.35. The topological polar surface area (TPSA) is 100 Å². The number of ether oxygens (including phenoxy) is 1. The van der Waals surface area contributed by atoms with E-state index in [1.165, 1.54) is 18.6 Å². The Morgan fingerprint density at radius 2 is 1.65 bits per heavy atom. The van der Waals surface area contributed by atoms with Gasteiger partial charge in [0.2, 0.25) is 5.91 Å². The Labute approximate surface area is 233 Å². The molecule has 6 rings (SSSR count). The van der Waals surface area contributed by atoms with Crippen molar-refractivity contribution < 1.29 is 18.7 Å². The predicted molar refractivity (Wildman–Crippen MR) is 148 cm³/mol. The normalized spacial score (nSPS) is 18.1. The van der Waals surface area contributed by atoms with E-state index >= 15 is 0 Å². The molecule has 2 aliphatic carbocycles. The van der Waals surface area contributed by atoms with Crippen molar-refractivity contribution in [1.82, 2.24) is 20.0 Å². The smallest absolute Gasteiger partial charge is 0.254 e. The van der Waals surface area contributed by atoms with Crippen molar-refractivity contribution in [3.63, 3.8) is 0 Å². The summed E-state index contributed by atoms with van der Waals surface area (Å²) in [5.74, 6) is 0.0434. The number of carbonyl (C=O) groups is 2. The van der Waals surface area contributed by atoms with Crippen LogP contribution in [0.15, 0.2) is 60.9 Å². The van der Waals surface area contributed by atoms with Crippen molar-refractivity contribution in [3.05, 3.63) is 72.3 Å². The highest BCUT2D eigenvalue weighted by Gasteiger charge is 2.45. The minimum Gasteiger partial charge on any atom is -0.378 e. The van der Waals surface area contributed by atoms with E-state index in [1.54, 1.807) is 23.0 Å². The number of nitrogens with one attached hydrogen (secondary N) is 1. The van der Waals surface area contributed by atoms with Crippen molar-refractivity contribution in [2.45, 2.75) is 50.5 Å². The highest BCUT2D eigenvalue weighted by molar-refractivity contribution is 5.94. The summed E-state index contributed by atoms with van der Waals surface area (Å²) in [7, 11) is 0. The van der Waals surface area contributed by atoms with E-state index < -0.39 is 5.54 Å². The Morgan fingerprint density at radius 1 is 0.975 bits per heavy atom. The van der Waals surface area contributed by atoms with Crippen LogP contribution in [0.1, 0.15) is 55.3 Å². The average Bonchev–Trinajstić information content (AvgIpc) is 3.61. The van der Waals surface area contributed by atoms with Gasteiger partial charge in [-0.25, -0.2) is 9.07 Å². The van der Waals surface area contributed by atoms with Crippen LogP contribution in [0.4, 0.5) is 4.39 Å². The Balaban J connectivity index is 0.000000194. The molecular formula is C31H34FN5O3. The number of hydrogen-bond acceptors (Lipinski definition) is 5. The number of carbonyl (C=O) groups excluding carboxylic acids is 2. The third kappa shape index (κ3) is 6.75. The number of aromatic nitrogens is 2. The molecule has 0 radical (unpaired) electrons. The van der Waals surface area contributed by atoms with Gasteiger partial charge < -0.3 is 15.0 Å². The third-order valence-corrected chi connectivity index (χ3v) is 7.74. The first-order valence-electron chi connectivity index (χ1n) is 14.0. The molecule has 1 N–H and O–H groups in total.